The maximum Gasteiger partial charge on any atom is 0.229 e. The number of halogens is 1. The lowest BCUT2D eigenvalue weighted by Gasteiger charge is -2.10. The van der Waals surface area contributed by atoms with Crippen molar-refractivity contribution in [2.24, 2.45) is 0 Å². The van der Waals surface area contributed by atoms with Gasteiger partial charge in [-0.25, -0.2) is 14.4 Å². The molecule has 0 fully saturated rings. The Labute approximate surface area is 157 Å². The largest absolute Gasteiger partial charge is 0.497 e. The highest BCUT2D eigenvalue weighted by atomic mass is 19.1. The number of carbonyl (C=O) groups is 1. The molecule has 0 aliphatic heterocycles. The van der Waals surface area contributed by atoms with E-state index in [4.69, 9.17) is 4.74 Å². The van der Waals surface area contributed by atoms with Crippen molar-refractivity contribution in [3.8, 4) is 17.0 Å². The summed E-state index contributed by atoms with van der Waals surface area (Å²) in [6.07, 6.45) is 2.41. The third kappa shape index (κ3) is 4.67. The molecular formula is C21H20FN3O2. The fourth-order valence-electron chi connectivity index (χ4n) is 2.64. The average Bonchev–Trinajstić information content (AvgIpc) is 2.70. The van der Waals surface area contributed by atoms with Gasteiger partial charge in [-0.2, -0.15) is 0 Å². The Hall–Kier alpha value is -3.28. The lowest BCUT2D eigenvalue weighted by Crippen LogP contribution is -2.17. The maximum absolute atomic E-state index is 13.0. The summed E-state index contributed by atoms with van der Waals surface area (Å²) in [5, 5.41) is 2.80. The normalized spacial score (nSPS) is 10.5. The number of hydrogen-bond acceptors (Lipinski definition) is 4. The van der Waals surface area contributed by atoms with E-state index < -0.39 is 0 Å². The molecule has 0 radical (unpaired) electrons. The number of aryl methyl sites for hydroxylation is 1. The molecule has 0 unspecified atom stereocenters. The minimum Gasteiger partial charge on any atom is -0.497 e. The van der Waals surface area contributed by atoms with Crippen LogP contribution in [0.4, 0.5) is 10.2 Å². The number of anilines is 1. The Morgan fingerprint density at radius 1 is 1.11 bits per heavy atom. The van der Waals surface area contributed by atoms with Gasteiger partial charge in [-0.3, -0.25) is 4.79 Å². The van der Waals surface area contributed by atoms with Gasteiger partial charge in [0, 0.05) is 5.56 Å². The van der Waals surface area contributed by atoms with Crippen LogP contribution in [0.3, 0.4) is 0 Å². The molecule has 0 atom stereocenters. The summed E-state index contributed by atoms with van der Waals surface area (Å²) in [6.45, 7) is 1.96. The van der Waals surface area contributed by atoms with E-state index in [-0.39, 0.29) is 18.1 Å². The van der Waals surface area contributed by atoms with E-state index in [9.17, 15) is 9.18 Å². The second-order valence-electron chi connectivity index (χ2n) is 5.98. The van der Waals surface area contributed by atoms with Gasteiger partial charge in [0.1, 0.15) is 11.6 Å². The molecular weight excluding hydrogens is 345 g/mol. The van der Waals surface area contributed by atoms with Crippen molar-refractivity contribution in [3.05, 3.63) is 71.8 Å². The van der Waals surface area contributed by atoms with E-state index in [0.717, 1.165) is 22.6 Å². The molecule has 0 aliphatic rings. The van der Waals surface area contributed by atoms with E-state index in [1.54, 1.807) is 25.4 Å². The van der Waals surface area contributed by atoms with Gasteiger partial charge in [0.05, 0.1) is 31.1 Å². The van der Waals surface area contributed by atoms with Crippen molar-refractivity contribution in [2.45, 2.75) is 19.8 Å². The first-order valence-corrected chi connectivity index (χ1v) is 8.63. The molecule has 27 heavy (non-hydrogen) atoms. The monoisotopic (exact) mass is 365 g/mol. The molecule has 1 aromatic heterocycles. The molecule has 0 bridgehead atoms. The fraction of sp³-hybridized carbons (Fsp3) is 0.190. The number of rotatable bonds is 6. The minimum absolute atomic E-state index is 0.144. The second-order valence-corrected chi connectivity index (χ2v) is 5.98. The third-order valence-corrected chi connectivity index (χ3v) is 4.10. The Balaban J connectivity index is 1.75. The van der Waals surface area contributed by atoms with Crippen molar-refractivity contribution in [1.82, 2.24) is 9.97 Å². The van der Waals surface area contributed by atoms with E-state index in [1.165, 1.54) is 12.1 Å². The summed E-state index contributed by atoms with van der Waals surface area (Å²) in [6, 6.07) is 13.4. The van der Waals surface area contributed by atoms with Crippen LogP contribution in [0.5, 0.6) is 5.75 Å². The molecule has 3 aromatic rings. The van der Waals surface area contributed by atoms with E-state index in [1.807, 2.05) is 31.2 Å². The summed E-state index contributed by atoms with van der Waals surface area (Å²) in [7, 11) is 1.62. The Morgan fingerprint density at radius 2 is 1.81 bits per heavy atom. The zero-order valence-electron chi connectivity index (χ0n) is 15.2. The van der Waals surface area contributed by atoms with Crippen LogP contribution in [0.25, 0.3) is 11.3 Å². The Kier molecular flexibility index (Phi) is 5.76. The van der Waals surface area contributed by atoms with Gasteiger partial charge in [0.15, 0.2) is 5.82 Å². The number of carbonyl (C=O) groups excluding carboxylic acids is 1. The Morgan fingerprint density at radius 3 is 2.44 bits per heavy atom. The zero-order valence-corrected chi connectivity index (χ0v) is 15.2. The first-order valence-electron chi connectivity index (χ1n) is 8.63. The summed E-state index contributed by atoms with van der Waals surface area (Å²) in [4.78, 5) is 21.3. The van der Waals surface area contributed by atoms with Crippen molar-refractivity contribution < 1.29 is 13.9 Å². The van der Waals surface area contributed by atoms with Crippen molar-refractivity contribution in [1.29, 1.82) is 0 Å². The summed E-state index contributed by atoms with van der Waals surface area (Å²) >= 11 is 0. The highest BCUT2D eigenvalue weighted by molar-refractivity contribution is 5.91. The lowest BCUT2D eigenvalue weighted by molar-refractivity contribution is -0.115. The van der Waals surface area contributed by atoms with Crippen LogP contribution < -0.4 is 10.1 Å². The molecule has 0 spiro atoms. The highest BCUT2D eigenvalue weighted by Gasteiger charge is 2.12. The van der Waals surface area contributed by atoms with Gasteiger partial charge in [0.2, 0.25) is 5.91 Å². The molecule has 6 heteroatoms. The van der Waals surface area contributed by atoms with Crippen LogP contribution in [0.15, 0.2) is 54.7 Å². The maximum atomic E-state index is 13.0. The molecule has 1 N–H and O–H groups in total. The molecule has 1 amide bonds. The van der Waals surface area contributed by atoms with Crippen LogP contribution in [0.1, 0.15) is 18.2 Å². The van der Waals surface area contributed by atoms with Crippen LogP contribution in [-0.4, -0.2) is 23.0 Å². The molecule has 2 aromatic carbocycles. The predicted octanol–water partition coefficient (Wildman–Crippen LogP) is 4.03. The molecule has 0 aliphatic carbocycles. The zero-order chi connectivity index (χ0) is 19.2. The molecule has 3 rings (SSSR count). The fourth-order valence-corrected chi connectivity index (χ4v) is 2.64. The quantitative estimate of drug-likeness (QED) is 0.716. The topological polar surface area (TPSA) is 64.1 Å². The smallest absolute Gasteiger partial charge is 0.229 e. The van der Waals surface area contributed by atoms with Crippen LogP contribution in [0.2, 0.25) is 0 Å². The van der Waals surface area contributed by atoms with Gasteiger partial charge in [-0.15, -0.1) is 0 Å². The number of methoxy groups -OCH3 is 1. The van der Waals surface area contributed by atoms with Crippen molar-refractivity contribution in [3.63, 3.8) is 0 Å². The van der Waals surface area contributed by atoms with E-state index in [2.05, 4.69) is 15.3 Å². The number of nitrogens with zero attached hydrogens (tertiary/aromatic N) is 2. The predicted molar refractivity (Wildman–Crippen MR) is 102 cm³/mol. The molecule has 0 saturated heterocycles. The number of amides is 1. The van der Waals surface area contributed by atoms with Gasteiger partial charge in [0.25, 0.3) is 0 Å². The standard InChI is InChI=1S/C21H20FN3O2/c1-3-18-21(25-20(26)12-14-4-8-16(22)9-5-14)23-13-19(24-18)15-6-10-17(27-2)11-7-15/h4-11,13H,3,12H2,1-2H3,(H,23,25,26). The number of ether oxygens (including phenoxy) is 1. The first-order chi connectivity index (χ1) is 13.1. The van der Waals surface area contributed by atoms with Crippen molar-refractivity contribution in [2.75, 3.05) is 12.4 Å². The minimum atomic E-state index is -0.326. The van der Waals surface area contributed by atoms with Crippen LogP contribution >= 0.6 is 0 Å². The number of aromatic nitrogens is 2. The van der Waals surface area contributed by atoms with Gasteiger partial charge in [-0.05, 0) is 48.4 Å². The van der Waals surface area contributed by atoms with Gasteiger partial charge in [-0.1, -0.05) is 19.1 Å². The van der Waals surface area contributed by atoms with E-state index >= 15 is 0 Å². The number of nitrogens with one attached hydrogen (secondary N) is 1. The Bertz CT molecular complexity index is 925. The summed E-state index contributed by atoms with van der Waals surface area (Å²) in [5.74, 6) is 0.671. The number of benzene rings is 2. The number of hydrogen-bond donors (Lipinski definition) is 1. The third-order valence-electron chi connectivity index (χ3n) is 4.10. The molecule has 1 heterocycles. The highest BCUT2D eigenvalue weighted by Crippen LogP contribution is 2.22. The van der Waals surface area contributed by atoms with Crippen LogP contribution in [-0.2, 0) is 17.6 Å². The second kappa shape index (κ2) is 8.40. The summed E-state index contributed by atoms with van der Waals surface area (Å²) < 4.78 is 18.1. The average molecular weight is 365 g/mol. The van der Waals surface area contributed by atoms with Gasteiger partial charge < -0.3 is 10.1 Å². The molecule has 138 valence electrons. The molecule has 5 nitrogen and oxygen atoms in total. The summed E-state index contributed by atoms with van der Waals surface area (Å²) in [5.41, 5.74) is 3.08. The van der Waals surface area contributed by atoms with Crippen LogP contribution in [0, 0.1) is 5.82 Å². The molecule has 0 saturated carbocycles. The van der Waals surface area contributed by atoms with E-state index in [0.29, 0.717) is 17.9 Å². The van der Waals surface area contributed by atoms with Crippen molar-refractivity contribution >= 4 is 11.7 Å². The van der Waals surface area contributed by atoms with Gasteiger partial charge >= 0.3 is 0 Å². The lowest BCUT2D eigenvalue weighted by atomic mass is 10.1. The first kappa shape index (κ1) is 18.5. The SMILES string of the molecule is CCc1nc(-c2ccc(OC)cc2)cnc1NC(=O)Cc1ccc(F)cc1.